The van der Waals surface area contributed by atoms with E-state index in [1.165, 1.54) is 12.1 Å². The zero-order valence-electron chi connectivity index (χ0n) is 10.4. The predicted octanol–water partition coefficient (Wildman–Crippen LogP) is 2.93. The maximum atomic E-state index is 12.7. The second kappa shape index (κ2) is 5.87. The molecule has 0 unspecified atom stereocenters. The fourth-order valence-corrected chi connectivity index (χ4v) is 1.77. The highest BCUT2D eigenvalue weighted by molar-refractivity contribution is 5.68. The van der Waals surface area contributed by atoms with Crippen LogP contribution in [0, 0.1) is 17.1 Å². The van der Waals surface area contributed by atoms with E-state index in [0.29, 0.717) is 17.8 Å². The zero-order valence-corrected chi connectivity index (χ0v) is 10.4. The Hall–Kier alpha value is -2.54. The average molecular weight is 255 g/mol. The summed E-state index contributed by atoms with van der Waals surface area (Å²) in [7, 11) is 0. The minimum absolute atomic E-state index is 0.234. The molecule has 0 radical (unpaired) electrons. The van der Waals surface area contributed by atoms with Crippen molar-refractivity contribution in [3.8, 4) is 6.07 Å². The molecule has 0 fully saturated rings. The van der Waals surface area contributed by atoms with Gasteiger partial charge in [-0.1, -0.05) is 12.1 Å². The summed E-state index contributed by atoms with van der Waals surface area (Å²) in [6.45, 7) is 0.671. The van der Waals surface area contributed by atoms with Crippen LogP contribution in [-0.2, 0) is 6.42 Å². The van der Waals surface area contributed by atoms with Crippen LogP contribution in [0.25, 0.3) is 0 Å². The Morgan fingerprint density at radius 3 is 2.58 bits per heavy atom. The second-order valence-corrected chi connectivity index (χ2v) is 4.22. The van der Waals surface area contributed by atoms with Gasteiger partial charge in [0, 0.05) is 6.54 Å². The third kappa shape index (κ3) is 3.46. The van der Waals surface area contributed by atoms with Crippen LogP contribution < -0.4 is 11.1 Å². The van der Waals surface area contributed by atoms with Gasteiger partial charge in [0.2, 0.25) is 0 Å². The highest BCUT2D eigenvalue weighted by Gasteiger charge is 2.01. The Morgan fingerprint density at radius 2 is 1.89 bits per heavy atom. The van der Waals surface area contributed by atoms with Gasteiger partial charge in [0.1, 0.15) is 5.82 Å². The van der Waals surface area contributed by atoms with Crippen molar-refractivity contribution in [1.29, 1.82) is 5.26 Å². The number of nitrogen functional groups attached to an aromatic ring is 1. The third-order valence-corrected chi connectivity index (χ3v) is 2.82. The summed E-state index contributed by atoms with van der Waals surface area (Å²) < 4.78 is 12.7. The third-order valence-electron chi connectivity index (χ3n) is 2.82. The van der Waals surface area contributed by atoms with Gasteiger partial charge in [-0.25, -0.2) is 4.39 Å². The SMILES string of the molecule is N#Cc1ccc(N)c(NCCc2ccc(F)cc2)c1. The summed E-state index contributed by atoms with van der Waals surface area (Å²) >= 11 is 0. The molecule has 2 rings (SSSR count). The van der Waals surface area contributed by atoms with Crippen molar-refractivity contribution < 1.29 is 4.39 Å². The van der Waals surface area contributed by atoms with Crippen LogP contribution in [0.3, 0.4) is 0 Å². The molecule has 0 heterocycles. The van der Waals surface area contributed by atoms with Gasteiger partial charge in [0.05, 0.1) is 23.0 Å². The number of benzene rings is 2. The number of halogens is 1. The Kier molecular flexibility index (Phi) is 3.99. The highest BCUT2D eigenvalue weighted by Crippen LogP contribution is 2.19. The van der Waals surface area contributed by atoms with Crippen molar-refractivity contribution in [2.24, 2.45) is 0 Å². The van der Waals surface area contributed by atoms with Crippen LogP contribution in [0.15, 0.2) is 42.5 Å². The van der Waals surface area contributed by atoms with Crippen molar-refractivity contribution in [3.05, 3.63) is 59.4 Å². The molecule has 2 aromatic carbocycles. The molecule has 19 heavy (non-hydrogen) atoms. The maximum Gasteiger partial charge on any atom is 0.123 e. The lowest BCUT2D eigenvalue weighted by molar-refractivity contribution is 0.627. The van der Waals surface area contributed by atoms with E-state index in [1.54, 1.807) is 30.3 Å². The summed E-state index contributed by atoms with van der Waals surface area (Å²) in [6.07, 6.45) is 0.760. The van der Waals surface area contributed by atoms with E-state index in [0.717, 1.165) is 17.7 Å². The molecule has 3 N–H and O–H groups in total. The highest BCUT2D eigenvalue weighted by atomic mass is 19.1. The first-order valence-corrected chi connectivity index (χ1v) is 5.97. The molecular weight excluding hydrogens is 241 g/mol. The minimum atomic E-state index is -0.234. The van der Waals surface area contributed by atoms with E-state index in [9.17, 15) is 4.39 Å². The molecule has 0 aliphatic carbocycles. The number of nitrogens with two attached hydrogens (primary N) is 1. The summed E-state index contributed by atoms with van der Waals surface area (Å²) in [6, 6.07) is 13.6. The Bertz CT molecular complexity index is 600. The summed E-state index contributed by atoms with van der Waals surface area (Å²) in [5.41, 5.74) is 8.80. The first-order chi connectivity index (χ1) is 9.19. The number of nitrogens with one attached hydrogen (secondary N) is 1. The van der Waals surface area contributed by atoms with E-state index in [2.05, 4.69) is 11.4 Å². The fourth-order valence-electron chi connectivity index (χ4n) is 1.77. The van der Waals surface area contributed by atoms with Crippen molar-refractivity contribution in [1.82, 2.24) is 0 Å². The van der Waals surface area contributed by atoms with Crippen molar-refractivity contribution in [2.75, 3.05) is 17.6 Å². The van der Waals surface area contributed by atoms with E-state index in [-0.39, 0.29) is 5.82 Å². The molecule has 96 valence electrons. The van der Waals surface area contributed by atoms with Gasteiger partial charge in [0.25, 0.3) is 0 Å². The summed E-state index contributed by atoms with van der Waals surface area (Å²) in [4.78, 5) is 0. The van der Waals surface area contributed by atoms with Gasteiger partial charge < -0.3 is 11.1 Å². The largest absolute Gasteiger partial charge is 0.397 e. The van der Waals surface area contributed by atoms with Crippen LogP contribution in [0.4, 0.5) is 15.8 Å². The lowest BCUT2D eigenvalue weighted by Gasteiger charge is -2.09. The molecule has 0 saturated heterocycles. The lowest BCUT2D eigenvalue weighted by Crippen LogP contribution is -2.07. The van der Waals surface area contributed by atoms with Gasteiger partial charge in [-0.15, -0.1) is 0 Å². The molecule has 0 aromatic heterocycles. The van der Waals surface area contributed by atoms with E-state index in [1.807, 2.05) is 0 Å². The van der Waals surface area contributed by atoms with Gasteiger partial charge in [-0.3, -0.25) is 0 Å². The van der Waals surface area contributed by atoms with Crippen molar-refractivity contribution in [2.45, 2.75) is 6.42 Å². The molecule has 0 saturated carbocycles. The molecule has 3 nitrogen and oxygen atoms in total. The van der Waals surface area contributed by atoms with E-state index in [4.69, 9.17) is 11.0 Å². The molecule has 0 bridgehead atoms. The predicted molar refractivity (Wildman–Crippen MR) is 74.2 cm³/mol. The monoisotopic (exact) mass is 255 g/mol. The Labute approximate surface area is 111 Å². The lowest BCUT2D eigenvalue weighted by atomic mass is 10.1. The van der Waals surface area contributed by atoms with E-state index < -0.39 is 0 Å². The topological polar surface area (TPSA) is 61.8 Å². The number of anilines is 2. The number of nitrogens with zero attached hydrogens (tertiary/aromatic N) is 1. The van der Waals surface area contributed by atoms with Gasteiger partial charge in [0.15, 0.2) is 0 Å². The molecule has 0 amide bonds. The Morgan fingerprint density at radius 1 is 1.16 bits per heavy atom. The number of hydrogen-bond acceptors (Lipinski definition) is 3. The van der Waals surface area contributed by atoms with Gasteiger partial charge in [-0.2, -0.15) is 5.26 Å². The van der Waals surface area contributed by atoms with Crippen LogP contribution >= 0.6 is 0 Å². The minimum Gasteiger partial charge on any atom is -0.397 e. The molecular formula is C15H14FN3. The first-order valence-electron chi connectivity index (χ1n) is 5.97. The zero-order chi connectivity index (χ0) is 13.7. The summed E-state index contributed by atoms with van der Waals surface area (Å²) in [5.74, 6) is -0.234. The Balaban J connectivity index is 1.96. The molecule has 0 aliphatic heterocycles. The number of hydrogen-bond donors (Lipinski definition) is 2. The molecule has 2 aromatic rings. The quantitative estimate of drug-likeness (QED) is 0.826. The van der Waals surface area contributed by atoms with Crippen molar-refractivity contribution >= 4 is 11.4 Å². The standard InChI is InChI=1S/C15H14FN3/c16-13-4-1-11(2-5-13)7-8-19-15-9-12(10-17)3-6-14(15)18/h1-6,9,19H,7-8,18H2. The second-order valence-electron chi connectivity index (χ2n) is 4.22. The van der Waals surface area contributed by atoms with Gasteiger partial charge in [-0.05, 0) is 42.3 Å². The molecule has 0 atom stereocenters. The van der Waals surface area contributed by atoms with Crippen LogP contribution in [0.5, 0.6) is 0 Å². The molecule has 0 aliphatic rings. The fraction of sp³-hybridized carbons (Fsp3) is 0.133. The smallest absolute Gasteiger partial charge is 0.123 e. The normalized spacial score (nSPS) is 9.89. The average Bonchev–Trinajstić information content (AvgIpc) is 2.43. The van der Waals surface area contributed by atoms with Crippen LogP contribution in [-0.4, -0.2) is 6.54 Å². The first kappa shape index (κ1) is 12.9. The number of nitriles is 1. The van der Waals surface area contributed by atoms with Gasteiger partial charge >= 0.3 is 0 Å². The summed E-state index contributed by atoms with van der Waals surface area (Å²) in [5, 5.41) is 12.0. The van der Waals surface area contributed by atoms with Crippen molar-refractivity contribution in [3.63, 3.8) is 0 Å². The maximum absolute atomic E-state index is 12.7. The van der Waals surface area contributed by atoms with Crippen LogP contribution in [0.1, 0.15) is 11.1 Å². The van der Waals surface area contributed by atoms with E-state index >= 15 is 0 Å². The molecule has 4 heteroatoms. The number of rotatable bonds is 4. The van der Waals surface area contributed by atoms with Crippen LogP contribution in [0.2, 0.25) is 0 Å². The molecule has 0 spiro atoms.